The minimum absolute atomic E-state index is 0.0732. The Morgan fingerprint density at radius 3 is 2.33 bits per heavy atom. The molecule has 0 radical (unpaired) electrons. The van der Waals surface area contributed by atoms with Crippen LogP contribution in [0, 0.1) is 11.3 Å². The maximum absolute atomic E-state index is 11.0. The van der Waals surface area contributed by atoms with Crippen molar-refractivity contribution in [3.8, 4) is 0 Å². The van der Waals surface area contributed by atoms with E-state index < -0.39 is 0 Å². The predicted octanol–water partition coefficient (Wildman–Crippen LogP) is 1.78. The lowest BCUT2D eigenvalue weighted by Crippen LogP contribution is -2.41. The Kier molecular flexibility index (Phi) is 2.18. The normalized spacial score (nSPS) is 29.3. The van der Waals surface area contributed by atoms with Crippen LogP contribution in [0.15, 0.2) is 0 Å². The first-order valence-corrected chi connectivity index (χ1v) is 4.91. The van der Waals surface area contributed by atoms with Crippen LogP contribution >= 0.6 is 0 Å². The molecule has 0 spiro atoms. The van der Waals surface area contributed by atoms with Crippen molar-refractivity contribution in [2.24, 2.45) is 11.3 Å². The van der Waals surface area contributed by atoms with Gasteiger partial charge in [-0.05, 0) is 31.6 Å². The lowest BCUT2D eigenvalue weighted by Gasteiger charge is -2.45. The topological polar surface area (TPSA) is 26.3 Å². The Bertz CT molecular complexity index is 167. The summed E-state index contributed by atoms with van der Waals surface area (Å²) in [4.78, 5) is 11.0. The molecule has 0 aromatic heterocycles. The Morgan fingerprint density at radius 1 is 1.25 bits per heavy atom. The van der Waals surface area contributed by atoms with Crippen molar-refractivity contribution in [2.75, 3.05) is 13.2 Å². The van der Waals surface area contributed by atoms with Crippen LogP contribution in [0.4, 0.5) is 0 Å². The van der Waals surface area contributed by atoms with Crippen molar-refractivity contribution < 1.29 is 9.53 Å². The van der Waals surface area contributed by atoms with Crippen molar-refractivity contribution >= 4 is 6.29 Å². The zero-order chi connectivity index (χ0) is 8.44. The molecule has 1 saturated carbocycles. The van der Waals surface area contributed by atoms with Crippen LogP contribution in [0.3, 0.4) is 0 Å². The standard InChI is InChI=1S/C10H16O2/c11-8-10(4-1-5-10)9-2-6-12-7-3-9/h8-9H,1-7H2. The predicted molar refractivity (Wildman–Crippen MR) is 45.9 cm³/mol. The molecule has 1 saturated heterocycles. The lowest BCUT2D eigenvalue weighted by atomic mass is 9.60. The van der Waals surface area contributed by atoms with E-state index in [1.807, 2.05) is 0 Å². The smallest absolute Gasteiger partial charge is 0.126 e. The molecule has 0 unspecified atom stereocenters. The average Bonchev–Trinajstić information content (AvgIpc) is 2.05. The molecular weight excluding hydrogens is 152 g/mol. The van der Waals surface area contributed by atoms with E-state index in [9.17, 15) is 4.79 Å². The van der Waals surface area contributed by atoms with E-state index in [1.54, 1.807) is 0 Å². The van der Waals surface area contributed by atoms with E-state index in [1.165, 1.54) is 12.7 Å². The highest BCUT2D eigenvalue weighted by Gasteiger charge is 2.44. The molecule has 1 aliphatic heterocycles. The summed E-state index contributed by atoms with van der Waals surface area (Å²) in [5.74, 6) is 0.623. The second-order valence-corrected chi connectivity index (χ2v) is 4.09. The summed E-state index contributed by atoms with van der Waals surface area (Å²) < 4.78 is 5.29. The lowest BCUT2D eigenvalue weighted by molar-refractivity contribution is -0.128. The first kappa shape index (κ1) is 8.24. The third-order valence-electron chi connectivity index (χ3n) is 3.55. The van der Waals surface area contributed by atoms with Crippen LogP contribution in [-0.2, 0) is 9.53 Å². The molecule has 12 heavy (non-hydrogen) atoms. The minimum Gasteiger partial charge on any atom is -0.381 e. The fourth-order valence-corrected chi connectivity index (χ4v) is 2.48. The molecule has 2 nitrogen and oxygen atoms in total. The molecule has 2 rings (SSSR count). The number of carbonyl (C=O) groups is 1. The zero-order valence-electron chi connectivity index (χ0n) is 7.42. The van der Waals surface area contributed by atoms with Gasteiger partial charge in [0.25, 0.3) is 0 Å². The van der Waals surface area contributed by atoms with E-state index in [-0.39, 0.29) is 5.41 Å². The van der Waals surface area contributed by atoms with Crippen molar-refractivity contribution in [2.45, 2.75) is 32.1 Å². The molecule has 0 N–H and O–H groups in total. The average molecular weight is 168 g/mol. The van der Waals surface area contributed by atoms with Crippen molar-refractivity contribution in [1.82, 2.24) is 0 Å². The highest BCUT2D eigenvalue weighted by atomic mass is 16.5. The van der Waals surface area contributed by atoms with Crippen molar-refractivity contribution in [1.29, 1.82) is 0 Å². The zero-order valence-corrected chi connectivity index (χ0v) is 7.42. The summed E-state index contributed by atoms with van der Waals surface area (Å²) in [6.07, 6.45) is 6.91. The van der Waals surface area contributed by atoms with Gasteiger partial charge in [-0.25, -0.2) is 0 Å². The molecule has 2 aliphatic rings. The second kappa shape index (κ2) is 3.17. The van der Waals surface area contributed by atoms with E-state index in [0.717, 1.165) is 38.9 Å². The molecule has 1 heterocycles. The molecule has 0 bridgehead atoms. The number of hydrogen-bond acceptors (Lipinski definition) is 2. The van der Waals surface area contributed by atoms with Gasteiger partial charge in [-0.1, -0.05) is 6.42 Å². The highest BCUT2D eigenvalue weighted by Crippen LogP contribution is 2.48. The fraction of sp³-hybridized carbons (Fsp3) is 0.900. The third kappa shape index (κ3) is 1.18. The summed E-state index contributed by atoms with van der Waals surface area (Å²) in [7, 11) is 0. The quantitative estimate of drug-likeness (QED) is 0.587. The molecule has 0 atom stereocenters. The third-order valence-corrected chi connectivity index (χ3v) is 3.55. The summed E-state index contributed by atoms with van der Waals surface area (Å²) in [6, 6.07) is 0. The number of aldehydes is 1. The van der Waals surface area contributed by atoms with Crippen LogP contribution in [0.5, 0.6) is 0 Å². The van der Waals surface area contributed by atoms with E-state index in [2.05, 4.69) is 0 Å². The van der Waals surface area contributed by atoms with Crippen LogP contribution < -0.4 is 0 Å². The Hall–Kier alpha value is -0.370. The molecule has 68 valence electrons. The van der Waals surface area contributed by atoms with Gasteiger partial charge >= 0.3 is 0 Å². The molecule has 0 aromatic carbocycles. The monoisotopic (exact) mass is 168 g/mol. The van der Waals surface area contributed by atoms with Gasteiger partial charge in [0.05, 0.1) is 0 Å². The van der Waals surface area contributed by atoms with Gasteiger partial charge < -0.3 is 9.53 Å². The SMILES string of the molecule is O=CC1(C2CCOCC2)CCC1. The molecular formula is C10H16O2. The van der Waals surface area contributed by atoms with E-state index in [4.69, 9.17) is 4.74 Å². The van der Waals surface area contributed by atoms with Crippen LogP contribution in [0.2, 0.25) is 0 Å². The number of hydrogen-bond donors (Lipinski definition) is 0. The Balaban J connectivity index is 1.99. The van der Waals surface area contributed by atoms with Gasteiger partial charge in [0.2, 0.25) is 0 Å². The Labute approximate surface area is 73.3 Å². The number of rotatable bonds is 2. The first-order valence-electron chi connectivity index (χ1n) is 4.91. The first-order chi connectivity index (χ1) is 5.87. The van der Waals surface area contributed by atoms with Gasteiger partial charge in [-0.15, -0.1) is 0 Å². The molecule has 2 heteroatoms. The number of ether oxygens (including phenoxy) is 1. The number of carbonyl (C=O) groups excluding carboxylic acids is 1. The maximum atomic E-state index is 11.0. The van der Waals surface area contributed by atoms with Gasteiger partial charge in [0, 0.05) is 18.6 Å². The largest absolute Gasteiger partial charge is 0.381 e. The van der Waals surface area contributed by atoms with Gasteiger partial charge in [0.1, 0.15) is 6.29 Å². The van der Waals surface area contributed by atoms with Crippen LogP contribution in [0.1, 0.15) is 32.1 Å². The summed E-state index contributed by atoms with van der Waals surface area (Å²) >= 11 is 0. The van der Waals surface area contributed by atoms with E-state index in [0.29, 0.717) is 5.92 Å². The summed E-state index contributed by atoms with van der Waals surface area (Å²) in [5, 5.41) is 0. The molecule has 2 fully saturated rings. The van der Waals surface area contributed by atoms with Gasteiger partial charge in [-0.3, -0.25) is 0 Å². The second-order valence-electron chi connectivity index (χ2n) is 4.09. The summed E-state index contributed by atoms with van der Waals surface area (Å²) in [5.41, 5.74) is 0.0732. The summed E-state index contributed by atoms with van der Waals surface area (Å²) in [6.45, 7) is 1.72. The molecule has 1 aliphatic carbocycles. The molecule has 0 aromatic rings. The van der Waals surface area contributed by atoms with Crippen molar-refractivity contribution in [3.05, 3.63) is 0 Å². The highest BCUT2D eigenvalue weighted by molar-refractivity contribution is 5.61. The minimum atomic E-state index is 0.0732. The molecule has 0 amide bonds. The van der Waals surface area contributed by atoms with Gasteiger partial charge in [0.15, 0.2) is 0 Å². The van der Waals surface area contributed by atoms with Crippen molar-refractivity contribution in [3.63, 3.8) is 0 Å². The van der Waals surface area contributed by atoms with Gasteiger partial charge in [-0.2, -0.15) is 0 Å². The van der Waals surface area contributed by atoms with Crippen LogP contribution in [-0.4, -0.2) is 19.5 Å². The fourth-order valence-electron chi connectivity index (χ4n) is 2.48. The Morgan fingerprint density at radius 2 is 1.92 bits per heavy atom. The van der Waals surface area contributed by atoms with E-state index >= 15 is 0 Å². The van der Waals surface area contributed by atoms with Crippen LogP contribution in [0.25, 0.3) is 0 Å². The maximum Gasteiger partial charge on any atom is 0.126 e.